The van der Waals surface area contributed by atoms with Gasteiger partial charge in [-0.3, -0.25) is 14.2 Å². The fourth-order valence-electron chi connectivity index (χ4n) is 3.39. The van der Waals surface area contributed by atoms with Gasteiger partial charge >= 0.3 is 6.18 Å². The van der Waals surface area contributed by atoms with E-state index >= 15 is 0 Å². The number of rotatable bonds is 10. The summed E-state index contributed by atoms with van der Waals surface area (Å²) in [4.78, 5) is 25.6. The lowest BCUT2D eigenvalue weighted by atomic mass is 10.2. The second kappa shape index (κ2) is 12.5. The van der Waals surface area contributed by atoms with Crippen LogP contribution in [0.1, 0.15) is 28.0 Å². The van der Waals surface area contributed by atoms with Crippen molar-refractivity contribution < 1.29 is 27.5 Å². The van der Waals surface area contributed by atoms with Crippen LogP contribution in [0, 0.1) is 0 Å². The first kappa shape index (κ1) is 28.5. The van der Waals surface area contributed by atoms with Crippen LogP contribution in [-0.4, -0.2) is 38.9 Å². The van der Waals surface area contributed by atoms with Gasteiger partial charge in [0.05, 0.1) is 40.1 Å². The Labute approximate surface area is 234 Å². The van der Waals surface area contributed by atoms with Crippen molar-refractivity contribution in [3.8, 4) is 11.4 Å². The fraction of sp³-hybridized carbons (Fsp3) is 0.200. The Morgan fingerprint density at radius 3 is 2.56 bits per heavy atom. The van der Waals surface area contributed by atoms with E-state index in [2.05, 4.69) is 20.8 Å². The SMILES string of the molecule is CCOc1ccc(-n2c(CNC(=O)c3cccs3)nnc2SCC(=O)Nc2cc(C(F)(F)F)ccc2Cl)cc1. The van der Waals surface area contributed by atoms with Gasteiger partial charge in [0.15, 0.2) is 11.0 Å². The van der Waals surface area contributed by atoms with Crippen LogP contribution in [0.5, 0.6) is 5.75 Å². The normalized spacial score (nSPS) is 11.3. The molecule has 0 bridgehead atoms. The summed E-state index contributed by atoms with van der Waals surface area (Å²) in [5, 5.41) is 15.7. The number of carbonyl (C=O) groups is 2. The molecule has 0 aliphatic rings. The summed E-state index contributed by atoms with van der Waals surface area (Å²) in [5.74, 6) is 0.0256. The molecule has 0 fully saturated rings. The van der Waals surface area contributed by atoms with Crippen LogP contribution in [0.15, 0.2) is 65.1 Å². The molecule has 2 heterocycles. The summed E-state index contributed by atoms with van der Waals surface area (Å²) in [6, 6.07) is 13.3. The van der Waals surface area contributed by atoms with Gasteiger partial charge in [0.25, 0.3) is 5.91 Å². The maximum atomic E-state index is 13.1. The highest BCUT2D eigenvalue weighted by Crippen LogP contribution is 2.34. The van der Waals surface area contributed by atoms with Crippen molar-refractivity contribution in [1.29, 1.82) is 0 Å². The first-order valence-electron chi connectivity index (χ1n) is 11.4. The molecule has 0 radical (unpaired) electrons. The molecular weight excluding hydrogens is 575 g/mol. The molecule has 8 nitrogen and oxygen atoms in total. The largest absolute Gasteiger partial charge is 0.494 e. The van der Waals surface area contributed by atoms with E-state index in [0.717, 1.165) is 30.0 Å². The lowest BCUT2D eigenvalue weighted by Crippen LogP contribution is -2.24. The summed E-state index contributed by atoms with van der Waals surface area (Å²) in [5.41, 5.74) is -0.422. The van der Waals surface area contributed by atoms with Crippen molar-refractivity contribution in [2.45, 2.75) is 24.8 Å². The topological polar surface area (TPSA) is 98.1 Å². The zero-order valence-corrected chi connectivity index (χ0v) is 22.7. The molecule has 0 saturated carbocycles. The molecule has 2 N–H and O–H groups in total. The molecule has 2 aromatic carbocycles. The van der Waals surface area contributed by atoms with Crippen LogP contribution in [0.4, 0.5) is 18.9 Å². The second-order valence-corrected chi connectivity index (χ2v) is 10.1. The number of carbonyl (C=O) groups excluding carboxylic acids is 2. The minimum atomic E-state index is -4.58. The average molecular weight is 596 g/mol. The average Bonchev–Trinajstić information content (AvgIpc) is 3.58. The number of ether oxygens (including phenoxy) is 1. The van der Waals surface area contributed by atoms with Gasteiger partial charge < -0.3 is 15.4 Å². The monoisotopic (exact) mass is 595 g/mol. The molecule has 0 aliphatic heterocycles. The molecule has 0 unspecified atom stereocenters. The molecule has 0 spiro atoms. The molecular formula is C25H21ClF3N5O3S2. The van der Waals surface area contributed by atoms with E-state index in [0.29, 0.717) is 33.9 Å². The summed E-state index contributed by atoms with van der Waals surface area (Å²) in [7, 11) is 0. The highest BCUT2D eigenvalue weighted by atomic mass is 35.5. The smallest absolute Gasteiger partial charge is 0.416 e. The molecule has 2 aromatic heterocycles. The van der Waals surface area contributed by atoms with Crippen LogP contribution in [-0.2, 0) is 17.5 Å². The predicted octanol–water partition coefficient (Wildman–Crippen LogP) is 6.06. The van der Waals surface area contributed by atoms with E-state index in [4.69, 9.17) is 16.3 Å². The minimum Gasteiger partial charge on any atom is -0.494 e. The summed E-state index contributed by atoms with van der Waals surface area (Å²) >= 11 is 8.32. The van der Waals surface area contributed by atoms with Crippen molar-refractivity contribution in [1.82, 2.24) is 20.1 Å². The number of alkyl halides is 3. The molecule has 14 heteroatoms. The number of benzene rings is 2. The third-order valence-corrected chi connectivity index (χ3v) is 7.29. The molecule has 2 amide bonds. The predicted molar refractivity (Wildman–Crippen MR) is 144 cm³/mol. The van der Waals surface area contributed by atoms with Gasteiger partial charge in [-0.15, -0.1) is 21.5 Å². The number of nitrogens with zero attached hydrogens (tertiary/aromatic N) is 3. The Hall–Kier alpha value is -3.55. The van der Waals surface area contributed by atoms with Crippen molar-refractivity contribution in [2.75, 3.05) is 17.7 Å². The standard InChI is InChI=1S/C25H21ClF3N5O3S2/c1-2-37-17-8-6-16(7-9-17)34-21(13-30-23(36)20-4-3-11-38-20)32-33-24(34)39-14-22(35)31-19-12-15(25(27,28)29)5-10-18(19)26/h3-12H,2,13-14H2,1H3,(H,30,36)(H,31,35). The van der Waals surface area contributed by atoms with Crippen molar-refractivity contribution >= 4 is 52.2 Å². The lowest BCUT2D eigenvalue weighted by molar-refractivity contribution is -0.137. The molecule has 0 aliphatic carbocycles. The number of amides is 2. The maximum absolute atomic E-state index is 13.1. The third kappa shape index (κ3) is 7.31. The minimum absolute atomic E-state index is 0.0253. The molecule has 0 saturated heterocycles. The zero-order chi connectivity index (χ0) is 28.0. The van der Waals surface area contributed by atoms with Gasteiger partial charge in [0, 0.05) is 5.69 Å². The van der Waals surface area contributed by atoms with E-state index in [9.17, 15) is 22.8 Å². The lowest BCUT2D eigenvalue weighted by Gasteiger charge is -2.13. The van der Waals surface area contributed by atoms with Crippen LogP contribution in [0.3, 0.4) is 0 Å². The molecule has 204 valence electrons. The number of thiophene rings is 1. The number of thioether (sulfide) groups is 1. The number of anilines is 1. The Kier molecular flexibility index (Phi) is 9.15. The number of hydrogen-bond donors (Lipinski definition) is 2. The van der Waals surface area contributed by atoms with E-state index in [1.807, 2.05) is 6.92 Å². The van der Waals surface area contributed by atoms with Crippen molar-refractivity contribution in [3.63, 3.8) is 0 Å². The van der Waals surface area contributed by atoms with E-state index in [-0.39, 0.29) is 28.9 Å². The zero-order valence-electron chi connectivity index (χ0n) is 20.3. The van der Waals surface area contributed by atoms with Gasteiger partial charge in [-0.25, -0.2) is 0 Å². The molecule has 4 rings (SSSR count). The highest BCUT2D eigenvalue weighted by Gasteiger charge is 2.31. The summed E-state index contributed by atoms with van der Waals surface area (Å²) < 4.78 is 46.4. The Morgan fingerprint density at radius 2 is 1.90 bits per heavy atom. The van der Waals surface area contributed by atoms with Gasteiger partial charge in [-0.2, -0.15) is 13.2 Å². The van der Waals surface area contributed by atoms with Crippen molar-refractivity contribution in [3.05, 3.63) is 81.3 Å². The van der Waals surface area contributed by atoms with Crippen LogP contribution >= 0.6 is 34.7 Å². The van der Waals surface area contributed by atoms with E-state index in [1.165, 1.54) is 11.3 Å². The Balaban J connectivity index is 1.52. The fourth-order valence-corrected chi connectivity index (χ4v) is 4.97. The van der Waals surface area contributed by atoms with Crippen LogP contribution < -0.4 is 15.4 Å². The van der Waals surface area contributed by atoms with Crippen molar-refractivity contribution in [2.24, 2.45) is 0 Å². The van der Waals surface area contributed by atoms with E-state index < -0.39 is 17.6 Å². The number of halogens is 4. The third-order valence-electron chi connectivity index (χ3n) is 5.16. The first-order valence-corrected chi connectivity index (χ1v) is 13.7. The Bertz CT molecular complexity index is 1440. The number of nitrogens with one attached hydrogen (secondary N) is 2. The quantitative estimate of drug-likeness (QED) is 0.216. The molecule has 0 atom stereocenters. The maximum Gasteiger partial charge on any atom is 0.416 e. The summed E-state index contributed by atoms with van der Waals surface area (Å²) in [6.07, 6.45) is -4.58. The molecule has 39 heavy (non-hydrogen) atoms. The van der Waals surface area contributed by atoms with Gasteiger partial charge in [-0.05, 0) is 60.8 Å². The highest BCUT2D eigenvalue weighted by molar-refractivity contribution is 7.99. The van der Waals surface area contributed by atoms with Gasteiger partial charge in [-0.1, -0.05) is 29.4 Å². The van der Waals surface area contributed by atoms with Crippen LogP contribution in [0.25, 0.3) is 5.69 Å². The first-order chi connectivity index (χ1) is 18.7. The number of hydrogen-bond acceptors (Lipinski definition) is 7. The molecule has 4 aromatic rings. The second-order valence-electron chi connectivity index (χ2n) is 7.85. The van der Waals surface area contributed by atoms with Crippen LogP contribution in [0.2, 0.25) is 5.02 Å². The summed E-state index contributed by atoms with van der Waals surface area (Å²) in [6.45, 7) is 2.43. The Morgan fingerprint density at radius 1 is 1.13 bits per heavy atom. The number of aromatic nitrogens is 3. The van der Waals surface area contributed by atoms with E-state index in [1.54, 1.807) is 46.3 Å². The van der Waals surface area contributed by atoms with Gasteiger partial charge in [0.1, 0.15) is 5.75 Å². The van der Waals surface area contributed by atoms with Gasteiger partial charge in [0.2, 0.25) is 5.91 Å².